The number of rotatable bonds is 6. The predicted octanol–water partition coefficient (Wildman–Crippen LogP) is 1.62. The average Bonchev–Trinajstić information content (AvgIpc) is 2.37. The Hall–Kier alpha value is -1.39. The molecule has 1 aromatic rings. The quantitative estimate of drug-likeness (QED) is 0.806. The van der Waals surface area contributed by atoms with Gasteiger partial charge in [0.1, 0.15) is 0 Å². The molecule has 0 saturated heterocycles. The highest BCUT2D eigenvalue weighted by Gasteiger charge is 2.18. The summed E-state index contributed by atoms with van der Waals surface area (Å²) in [4.78, 5) is 11.7. The van der Waals surface area contributed by atoms with Gasteiger partial charge in [0.25, 0.3) is 0 Å². The van der Waals surface area contributed by atoms with Crippen molar-refractivity contribution in [2.75, 3.05) is 13.7 Å². The summed E-state index contributed by atoms with van der Waals surface area (Å²) in [6, 6.07) is 9.35. The Morgan fingerprint density at radius 1 is 1.39 bits per heavy atom. The maximum atomic E-state index is 11.7. The van der Waals surface area contributed by atoms with Gasteiger partial charge in [-0.25, -0.2) is 0 Å². The van der Waals surface area contributed by atoms with Crippen LogP contribution in [0.1, 0.15) is 31.9 Å². The number of ether oxygens (including phenoxy) is 1. The molecule has 100 valence electrons. The lowest BCUT2D eigenvalue weighted by molar-refractivity contribution is -0.122. The number of carbonyl (C=O) groups excluding carboxylic acids is 1. The Bertz CT molecular complexity index is 377. The van der Waals surface area contributed by atoms with Crippen LogP contribution in [0.4, 0.5) is 0 Å². The highest BCUT2D eigenvalue weighted by molar-refractivity contribution is 5.76. The van der Waals surface area contributed by atoms with Crippen LogP contribution in [0, 0.1) is 0 Å². The molecule has 3 N–H and O–H groups in total. The molecule has 0 aliphatic heterocycles. The predicted molar refractivity (Wildman–Crippen MR) is 72.1 cm³/mol. The van der Waals surface area contributed by atoms with Gasteiger partial charge in [0.15, 0.2) is 0 Å². The van der Waals surface area contributed by atoms with E-state index >= 15 is 0 Å². The molecule has 4 heteroatoms. The number of carbonyl (C=O) groups is 1. The van der Waals surface area contributed by atoms with Crippen molar-refractivity contribution in [2.45, 2.75) is 31.9 Å². The largest absolute Gasteiger partial charge is 0.377 e. The van der Waals surface area contributed by atoms with Crippen LogP contribution in [-0.4, -0.2) is 25.2 Å². The van der Waals surface area contributed by atoms with Crippen LogP contribution in [0.25, 0.3) is 0 Å². The molecular formula is C14H22N2O2. The van der Waals surface area contributed by atoms with Crippen molar-refractivity contribution in [3.05, 3.63) is 35.9 Å². The van der Waals surface area contributed by atoms with E-state index in [-0.39, 0.29) is 24.0 Å². The number of hydrogen-bond acceptors (Lipinski definition) is 3. The molecular weight excluding hydrogens is 228 g/mol. The van der Waals surface area contributed by atoms with Gasteiger partial charge in [0, 0.05) is 26.1 Å². The van der Waals surface area contributed by atoms with E-state index in [0.717, 1.165) is 5.56 Å². The van der Waals surface area contributed by atoms with Gasteiger partial charge in [0.05, 0.1) is 5.60 Å². The molecule has 0 spiro atoms. The monoisotopic (exact) mass is 250 g/mol. The van der Waals surface area contributed by atoms with Crippen molar-refractivity contribution in [2.24, 2.45) is 5.73 Å². The average molecular weight is 250 g/mol. The first-order valence-corrected chi connectivity index (χ1v) is 6.07. The van der Waals surface area contributed by atoms with Gasteiger partial charge in [-0.3, -0.25) is 4.79 Å². The molecule has 0 bridgehead atoms. The Kier molecular flexibility index (Phi) is 5.31. The second-order valence-corrected chi connectivity index (χ2v) is 4.96. The zero-order valence-corrected chi connectivity index (χ0v) is 11.3. The molecule has 0 radical (unpaired) electrons. The molecule has 18 heavy (non-hydrogen) atoms. The van der Waals surface area contributed by atoms with Crippen LogP contribution in [0.5, 0.6) is 0 Å². The van der Waals surface area contributed by atoms with Crippen LogP contribution in [0.2, 0.25) is 0 Å². The smallest absolute Gasteiger partial charge is 0.222 e. The van der Waals surface area contributed by atoms with Crippen molar-refractivity contribution in [1.29, 1.82) is 0 Å². The second kappa shape index (κ2) is 6.52. The molecule has 4 nitrogen and oxygen atoms in total. The van der Waals surface area contributed by atoms with Gasteiger partial charge in [-0.2, -0.15) is 0 Å². The van der Waals surface area contributed by atoms with Crippen molar-refractivity contribution in [3.63, 3.8) is 0 Å². The summed E-state index contributed by atoms with van der Waals surface area (Å²) < 4.78 is 5.23. The molecule has 0 aromatic heterocycles. The summed E-state index contributed by atoms with van der Waals surface area (Å²) >= 11 is 0. The number of benzene rings is 1. The van der Waals surface area contributed by atoms with E-state index in [2.05, 4.69) is 5.32 Å². The Morgan fingerprint density at radius 3 is 2.56 bits per heavy atom. The number of hydrogen-bond donors (Lipinski definition) is 2. The highest BCUT2D eigenvalue weighted by atomic mass is 16.5. The lowest BCUT2D eigenvalue weighted by atomic mass is 10.0. The lowest BCUT2D eigenvalue weighted by Crippen LogP contribution is -2.40. The molecule has 0 fully saturated rings. The van der Waals surface area contributed by atoms with E-state index in [1.54, 1.807) is 7.11 Å². The minimum atomic E-state index is -0.355. The standard InChI is InChI=1S/C14H22N2O2/c1-14(2,18-3)10-16-13(17)9-12(15)11-7-5-4-6-8-11/h4-8,12H,9-10,15H2,1-3H3,(H,16,17). The number of amides is 1. The Balaban J connectivity index is 2.41. The zero-order chi connectivity index (χ0) is 13.6. The van der Waals surface area contributed by atoms with Gasteiger partial charge < -0.3 is 15.8 Å². The summed E-state index contributed by atoms with van der Waals surface area (Å²) in [7, 11) is 1.63. The molecule has 1 amide bonds. The Labute approximate surface area is 109 Å². The zero-order valence-electron chi connectivity index (χ0n) is 11.3. The fourth-order valence-electron chi connectivity index (χ4n) is 1.47. The van der Waals surface area contributed by atoms with Gasteiger partial charge in [-0.05, 0) is 19.4 Å². The van der Waals surface area contributed by atoms with Gasteiger partial charge in [0.2, 0.25) is 5.91 Å². The van der Waals surface area contributed by atoms with Gasteiger partial charge in [-0.1, -0.05) is 30.3 Å². The minimum absolute atomic E-state index is 0.0588. The van der Waals surface area contributed by atoms with E-state index in [1.807, 2.05) is 44.2 Å². The van der Waals surface area contributed by atoms with Crippen molar-refractivity contribution < 1.29 is 9.53 Å². The number of nitrogens with one attached hydrogen (secondary N) is 1. The SMILES string of the molecule is COC(C)(C)CNC(=O)CC(N)c1ccccc1. The summed E-state index contributed by atoms with van der Waals surface area (Å²) in [5.41, 5.74) is 6.59. The third-order valence-corrected chi connectivity index (χ3v) is 2.90. The molecule has 0 aliphatic rings. The fourth-order valence-corrected chi connectivity index (χ4v) is 1.47. The van der Waals surface area contributed by atoms with Crippen LogP contribution >= 0.6 is 0 Å². The summed E-state index contributed by atoms with van der Waals surface area (Å²) in [5.74, 6) is -0.0588. The number of nitrogens with two attached hydrogens (primary N) is 1. The minimum Gasteiger partial charge on any atom is -0.377 e. The fraction of sp³-hybridized carbons (Fsp3) is 0.500. The van der Waals surface area contributed by atoms with Gasteiger partial charge >= 0.3 is 0 Å². The van der Waals surface area contributed by atoms with Crippen molar-refractivity contribution >= 4 is 5.91 Å². The van der Waals surface area contributed by atoms with Crippen LogP contribution in [0.15, 0.2) is 30.3 Å². The van der Waals surface area contributed by atoms with E-state index < -0.39 is 0 Å². The summed E-state index contributed by atoms with van der Waals surface area (Å²) in [6.07, 6.45) is 0.282. The maximum Gasteiger partial charge on any atom is 0.222 e. The molecule has 1 unspecified atom stereocenters. The Morgan fingerprint density at radius 2 is 2.00 bits per heavy atom. The molecule has 1 aromatic carbocycles. The first-order valence-electron chi connectivity index (χ1n) is 6.07. The van der Waals surface area contributed by atoms with E-state index in [9.17, 15) is 4.79 Å². The normalized spacial score (nSPS) is 13.1. The number of methoxy groups -OCH3 is 1. The van der Waals surface area contributed by atoms with E-state index in [4.69, 9.17) is 10.5 Å². The van der Waals surface area contributed by atoms with E-state index in [0.29, 0.717) is 6.54 Å². The molecule has 1 rings (SSSR count). The maximum absolute atomic E-state index is 11.7. The second-order valence-electron chi connectivity index (χ2n) is 4.96. The highest BCUT2D eigenvalue weighted by Crippen LogP contribution is 2.13. The van der Waals surface area contributed by atoms with Crippen molar-refractivity contribution in [3.8, 4) is 0 Å². The molecule has 0 aliphatic carbocycles. The molecule has 0 heterocycles. The van der Waals surface area contributed by atoms with E-state index in [1.165, 1.54) is 0 Å². The first kappa shape index (κ1) is 14.7. The third kappa shape index (κ3) is 4.85. The first-order chi connectivity index (χ1) is 8.44. The van der Waals surface area contributed by atoms with Crippen molar-refractivity contribution in [1.82, 2.24) is 5.32 Å². The molecule has 1 atom stereocenters. The van der Waals surface area contributed by atoms with Crippen LogP contribution < -0.4 is 11.1 Å². The molecule has 0 saturated carbocycles. The summed E-state index contributed by atoms with van der Waals surface area (Å²) in [5, 5.41) is 2.83. The van der Waals surface area contributed by atoms with Crippen LogP contribution in [-0.2, 0) is 9.53 Å². The van der Waals surface area contributed by atoms with Gasteiger partial charge in [-0.15, -0.1) is 0 Å². The topological polar surface area (TPSA) is 64.3 Å². The van der Waals surface area contributed by atoms with Crippen LogP contribution in [0.3, 0.4) is 0 Å². The lowest BCUT2D eigenvalue weighted by Gasteiger charge is -2.23. The summed E-state index contributed by atoms with van der Waals surface area (Å²) in [6.45, 7) is 4.32. The third-order valence-electron chi connectivity index (χ3n) is 2.90.